The Labute approximate surface area is 144 Å². The molecule has 0 radical (unpaired) electrons. The van der Waals surface area contributed by atoms with Crippen LogP contribution in [0.25, 0.3) is 0 Å². The summed E-state index contributed by atoms with van der Waals surface area (Å²) < 4.78 is 11.5. The van der Waals surface area contributed by atoms with Crippen molar-refractivity contribution in [1.82, 2.24) is 0 Å². The summed E-state index contributed by atoms with van der Waals surface area (Å²) in [5.41, 5.74) is -0.321. The lowest BCUT2D eigenvalue weighted by atomic mass is 10.2. The predicted molar refractivity (Wildman–Crippen MR) is 97.0 cm³/mol. The molecule has 0 aliphatic carbocycles. The van der Waals surface area contributed by atoms with Gasteiger partial charge in [-0.05, 0) is 90.1 Å². The van der Waals surface area contributed by atoms with E-state index in [0.717, 1.165) is 11.5 Å². The van der Waals surface area contributed by atoms with E-state index in [9.17, 15) is 0 Å². The SMILES string of the molecule is CC(C)(C)Oc1ccc(OC(C)(C)C)cc1.Oc1ccc(O)cc1. The molecule has 2 N–H and O–H groups in total. The molecule has 0 saturated heterocycles. The van der Waals surface area contributed by atoms with Gasteiger partial charge in [0.1, 0.15) is 34.2 Å². The van der Waals surface area contributed by atoms with Crippen molar-refractivity contribution < 1.29 is 19.7 Å². The van der Waals surface area contributed by atoms with Crippen molar-refractivity contribution in [2.45, 2.75) is 52.7 Å². The third-order valence-electron chi connectivity index (χ3n) is 2.52. The minimum Gasteiger partial charge on any atom is -0.508 e. The quantitative estimate of drug-likeness (QED) is 0.748. The van der Waals surface area contributed by atoms with E-state index < -0.39 is 0 Å². The minimum atomic E-state index is -0.160. The molecule has 0 fully saturated rings. The van der Waals surface area contributed by atoms with Gasteiger partial charge in [0, 0.05) is 0 Å². The molecule has 4 nitrogen and oxygen atoms in total. The van der Waals surface area contributed by atoms with E-state index in [4.69, 9.17) is 19.7 Å². The van der Waals surface area contributed by atoms with Crippen LogP contribution in [-0.2, 0) is 0 Å². The second kappa shape index (κ2) is 7.95. The van der Waals surface area contributed by atoms with Crippen LogP contribution < -0.4 is 9.47 Å². The number of ether oxygens (including phenoxy) is 2. The summed E-state index contributed by atoms with van der Waals surface area (Å²) in [7, 11) is 0. The molecule has 132 valence electrons. The molecule has 0 bridgehead atoms. The Morgan fingerprint density at radius 3 is 1.00 bits per heavy atom. The molecule has 2 rings (SSSR count). The number of phenols is 2. The molecule has 0 atom stereocenters. The second-order valence-electron chi connectivity index (χ2n) is 7.42. The lowest BCUT2D eigenvalue weighted by molar-refractivity contribution is 0.125. The van der Waals surface area contributed by atoms with Crippen molar-refractivity contribution in [3.05, 3.63) is 48.5 Å². The predicted octanol–water partition coefficient (Wildman–Crippen LogP) is 5.14. The Morgan fingerprint density at radius 2 is 0.792 bits per heavy atom. The van der Waals surface area contributed by atoms with E-state index in [2.05, 4.69) is 0 Å². The zero-order valence-electron chi connectivity index (χ0n) is 15.3. The maximum absolute atomic E-state index is 8.65. The van der Waals surface area contributed by atoms with Crippen LogP contribution in [0.3, 0.4) is 0 Å². The summed E-state index contributed by atoms with van der Waals surface area (Å²) in [4.78, 5) is 0. The summed E-state index contributed by atoms with van der Waals surface area (Å²) in [6.07, 6.45) is 0. The van der Waals surface area contributed by atoms with E-state index in [0.29, 0.717) is 0 Å². The van der Waals surface area contributed by atoms with E-state index in [-0.39, 0.29) is 22.7 Å². The van der Waals surface area contributed by atoms with Crippen LogP contribution in [0.2, 0.25) is 0 Å². The highest BCUT2D eigenvalue weighted by Gasteiger charge is 2.13. The van der Waals surface area contributed by atoms with Gasteiger partial charge in [-0.25, -0.2) is 0 Å². The minimum absolute atomic E-state index is 0.160. The van der Waals surface area contributed by atoms with Gasteiger partial charge in [-0.3, -0.25) is 0 Å². The largest absolute Gasteiger partial charge is 0.508 e. The first-order chi connectivity index (χ1) is 10.9. The van der Waals surface area contributed by atoms with Crippen molar-refractivity contribution in [2.24, 2.45) is 0 Å². The zero-order valence-corrected chi connectivity index (χ0v) is 15.3. The van der Waals surface area contributed by atoms with E-state index in [1.807, 2.05) is 65.8 Å². The van der Waals surface area contributed by atoms with Crippen molar-refractivity contribution in [3.8, 4) is 23.0 Å². The number of aromatic hydroxyl groups is 2. The molecule has 0 heterocycles. The first kappa shape index (κ1) is 19.7. The van der Waals surface area contributed by atoms with Crippen LogP contribution in [0, 0.1) is 0 Å². The summed E-state index contributed by atoms with van der Waals surface area (Å²) in [5.74, 6) is 2.08. The maximum atomic E-state index is 8.65. The average molecular weight is 332 g/mol. The number of benzene rings is 2. The Bertz CT molecular complexity index is 546. The van der Waals surface area contributed by atoms with Gasteiger partial charge in [-0.2, -0.15) is 0 Å². The Morgan fingerprint density at radius 1 is 0.542 bits per heavy atom. The third kappa shape index (κ3) is 8.93. The average Bonchev–Trinajstić information content (AvgIpc) is 2.42. The summed E-state index contributed by atoms with van der Waals surface area (Å²) in [6.45, 7) is 12.2. The van der Waals surface area contributed by atoms with Gasteiger partial charge in [0.15, 0.2) is 0 Å². The molecule has 2 aromatic rings. The van der Waals surface area contributed by atoms with E-state index in [1.54, 1.807) is 0 Å². The number of phenolic OH excluding ortho intramolecular Hbond substituents is 2. The fourth-order valence-electron chi connectivity index (χ4n) is 1.74. The van der Waals surface area contributed by atoms with Crippen molar-refractivity contribution in [3.63, 3.8) is 0 Å². The summed E-state index contributed by atoms with van der Waals surface area (Å²) >= 11 is 0. The highest BCUT2D eigenvalue weighted by molar-refractivity contribution is 5.32. The molecule has 0 aliphatic rings. The molecule has 0 aliphatic heterocycles. The van der Waals surface area contributed by atoms with Gasteiger partial charge in [0.25, 0.3) is 0 Å². The third-order valence-corrected chi connectivity index (χ3v) is 2.52. The molecule has 0 spiro atoms. The van der Waals surface area contributed by atoms with Gasteiger partial charge in [-0.15, -0.1) is 0 Å². The molecule has 0 unspecified atom stereocenters. The number of hydrogen-bond acceptors (Lipinski definition) is 4. The molecular formula is C20H28O4. The zero-order chi connectivity index (χ0) is 18.4. The van der Waals surface area contributed by atoms with Crippen LogP contribution in [0.5, 0.6) is 23.0 Å². The standard InChI is InChI=1S/C14H22O2.C6H6O2/c1-13(2,3)15-11-7-9-12(10-8-11)16-14(4,5)6;7-5-1-2-6(8)4-3-5/h7-10H,1-6H3;1-4,7-8H. The Hall–Kier alpha value is -2.36. The summed E-state index contributed by atoms with van der Waals surface area (Å²) in [6, 6.07) is 13.5. The monoisotopic (exact) mass is 332 g/mol. The fourth-order valence-corrected chi connectivity index (χ4v) is 1.74. The second-order valence-corrected chi connectivity index (χ2v) is 7.42. The smallest absolute Gasteiger partial charge is 0.120 e. The highest BCUT2D eigenvalue weighted by Crippen LogP contribution is 2.24. The summed E-state index contributed by atoms with van der Waals surface area (Å²) in [5, 5.41) is 17.3. The maximum Gasteiger partial charge on any atom is 0.120 e. The van der Waals surface area contributed by atoms with Crippen molar-refractivity contribution in [1.29, 1.82) is 0 Å². The van der Waals surface area contributed by atoms with E-state index in [1.165, 1.54) is 24.3 Å². The Kier molecular flexibility index (Phi) is 6.52. The fraction of sp³-hybridized carbons (Fsp3) is 0.400. The van der Waals surface area contributed by atoms with Gasteiger partial charge < -0.3 is 19.7 Å². The Balaban J connectivity index is 0.000000300. The van der Waals surface area contributed by atoms with Crippen molar-refractivity contribution >= 4 is 0 Å². The van der Waals surface area contributed by atoms with Gasteiger partial charge in [-0.1, -0.05) is 0 Å². The van der Waals surface area contributed by atoms with Crippen LogP contribution >= 0.6 is 0 Å². The van der Waals surface area contributed by atoms with Crippen LogP contribution in [0.4, 0.5) is 0 Å². The van der Waals surface area contributed by atoms with Crippen LogP contribution in [0.15, 0.2) is 48.5 Å². The molecule has 0 aromatic heterocycles. The van der Waals surface area contributed by atoms with Crippen molar-refractivity contribution in [2.75, 3.05) is 0 Å². The van der Waals surface area contributed by atoms with Gasteiger partial charge in [0.05, 0.1) is 0 Å². The number of rotatable bonds is 2. The molecule has 24 heavy (non-hydrogen) atoms. The first-order valence-electron chi connectivity index (χ1n) is 7.91. The van der Waals surface area contributed by atoms with Crippen LogP contribution in [-0.4, -0.2) is 21.4 Å². The van der Waals surface area contributed by atoms with Crippen LogP contribution in [0.1, 0.15) is 41.5 Å². The lowest BCUT2D eigenvalue weighted by Crippen LogP contribution is -2.23. The lowest BCUT2D eigenvalue weighted by Gasteiger charge is -2.23. The first-order valence-corrected chi connectivity index (χ1v) is 7.91. The number of hydrogen-bond donors (Lipinski definition) is 2. The van der Waals surface area contributed by atoms with Gasteiger partial charge >= 0.3 is 0 Å². The normalized spacial score (nSPS) is 11.2. The topological polar surface area (TPSA) is 58.9 Å². The highest BCUT2D eigenvalue weighted by atomic mass is 16.5. The molecule has 0 amide bonds. The van der Waals surface area contributed by atoms with Gasteiger partial charge in [0.2, 0.25) is 0 Å². The van der Waals surface area contributed by atoms with E-state index >= 15 is 0 Å². The molecule has 2 aromatic carbocycles. The molecule has 4 heteroatoms. The molecule has 0 saturated carbocycles. The molecular weight excluding hydrogens is 304 g/mol.